The molecule has 0 spiro atoms. The summed E-state index contributed by atoms with van der Waals surface area (Å²) in [6.07, 6.45) is 1.26. The number of pyridine rings is 1. The van der Waals surface area contributed by atoms with Crippen LogP contribution in [-0.4, -0.2) is 36.6 Å². The lowest BCUT2D eigenvalue weighted by Crippen LogP contribution is -2.33. The van der Waals surface area contributed by atoms with E-state index in [1.807, 2.05) is 43.3 Å². The lowest BCUT2D eigenvalue weighted by molar-refractivity contribution is -0.00589. The zero-order chi connectivity index (χ0) is 21.8. The molecule has 2 aromatic carbocycles. The third kappa shape index (κ3) is 4.48. The largest absolute Gasteiger partial charge is 0.486 e. The van der Waals surface area contributed by atoms with E-state index >= 15 is 0 Å². The third-order valence-electron chi connectivity index (χ3n) is 6.13. The van der Waals surface area contributed by atoms with Gasteiger partial charge in [-0.2, -0.15) is 5.26 Å². The summed E-state index contributed by atoms with van der Waals surface area (Å²) in [6.45, 7) is 4.47. The van der Waals surface area contributed by atoms with Gasteiger partial charge in [0.05, 0.1) is 6.07 Å². The van der Waals surface area contributed by atoms with Gasteiger partial charge in [-0.1, -0.05) is 18.2 Å². The standard InChI is InChI=1S/C25H27N3O3/c1-18(19-7-9-23-20(15-19)8-10-24(29)27-23)31-22-6-3-5-21(16-22)25(30-2)11-14-28(17-25)13-4-12-26/h3,5-10,15-16,18H,4,11,13-14,17H2,1-2H3,(H,27,29). The second-order valence-electron chi connectivity index (χ2n) is 8.09. The van der Waals surface area contributed by atoms with Crippen molar-refractivity contribution < 1.29 is 9.47 Å². The van der Waals surface area contributed by atoms with Gasteiger partial charge in [-0.3, -0.25) is 9.69 Å². The second-order valence-corrected chi connectivity index (χ2v) is 8.09. The number of likely N-dealkylation sites (tertiary alicyclic amines) is 1. The lowest BCUT2D eigenvalue weighted by atomic mass is 9.92. The predicted molar refractivity (Wildman–Crippen MR) is 120 cm³/mol. The van der Waals surface area contributed by atoms with Gasteiger partial charge in [-0.05, 0) is 60.2 Å². The molecule has 1 fully saturated rings. The number of hydrogen-bond donors (Lipinski definition) is 1. The van der Waals surface area contributed by atoms with Crippen LogP contribution in [0.1, 0.15) is 37.0 Å². The van der Waals surface area contributed by atoms with E-state index in [2.05, 4.69) is 28.1 Å². The number of nitrogens with one attached hydrogen (secondary N) is 1. The zero-order valence-electron chi connectivity index (χ0n) is 17.9. The smallest absolute Gasteiger partial charge is 0.248 e. The Morgan fingerprint density at radius 3 is 2.90 bits per heavy atom. The van der Waals surface area contributed by atoms with E-state index in [1.165, 1.54) is 6.07 Å². The van der Waals surface area contributed by atoms with E-state index in [4.69, 9.17) is 14.7 Å². The van der Waals surface area contributed by atoms with Crippen molar-refractivity contribution in [2.75, 3.05) is 26.7 Å². The summed E-state index contributed by atoms with van der Waals surface area (Å²) < 4.78 is 12.3. The molecule has 1 aliphatic heterocycles. The molecule has 6 heteroatoms. The van der Waals surface area contributed by atoms with Crippen molar-refractivity contribution in [1.29, 1.82) is 5.26 Å². The van der Waals surface area contributed by atoms with Gasteiger partial charge in [0, 0.05) is 44.7 Å². The molecule has 31 heavy (non-hydrogen) atoms. The van der Waals surface area contributed by atoms with Crippen LogP contribution in [0.5, 0.6) is 5.75 Å². The molecule has 3 aromatic rings. The first-order valence-electron chi connectivity index (χ1n) is 10.6. The van der Waals surface area contributed by atoms with Gasteiger partial charge in [0.25, 0.3) is 0 Å². The fourth-order valence-corrected chi connectivity index (χ4v) is 4.33. The molecule has 2 unspecified atom stereocenters. The molecule has 1 saturated heterocycles. The Morgan fingerprint density at radius 1 is 1.23 bits per heavy atom. The van der Waals surface area contributed by atoms with Crippen LogP contribution in [0, 0.1) is 11.3 Å². The van der Waals surface area contributed by atoms with Crippen LogP contribution in [0.15, 0.2) is 59.4 Å². The van der Waals surface area contributed by atoms with Crippen molar-refractivity contribution in [2.24, 2.45) is 0 Å². The van der Waals surface area contributed by atoms with Crippen molar-refractivity contribution in [1.82, 2.24) is 9.88 Å². The number of aromatic nitrogens is 1. The predicted octanol–water partition coefficient (Wildman–Crippen LogP) is 4.13. The maximum absolute atomic E-state index is 11.5. The first kappa shape index (κ1) is 21.1. The van der Waals surface area contributed by atoms with Crippen LogP contribution < -0.4 is 10.3 Å². The molecule has 2 atom stereocenters. The van der Waals surface area contributed by atoms with Crippen LogP contribution in [0.25, 0.3) is 10.9 Å². The van der Waals surface area contributed by atoms with Crippen molar-refractivity contribution >= 4 is 10.9 Å². The van der Waals surface area contributed by atoms with Gasteiger partial charge in [0.2, 0.25) is 5.56 Å². The minimum atomic E-state index is -0.382. The zero-order valence-corrected chi connectivity index (χ0v) is 17.9. The summed E-state index contributed by atoms with van der Waals surface area (Å²) in [4.78, 5) is 16.6. The Hall–Kier alpha value is -3.14. The van der Waals surface area contributed by atoms with E-state index in [0.29, 0.717) is 6.42 Å². The Morgan fingerprint density at radius 2 is 2.10 bits per heavy atom. The summed E-state index contributed by atoms with van der Waals surface area (Å²) in [6, 6.07) is 19.6. The summed E-state index contributed by atoms with van der Waals surface area (Å²) >= 11 is 0. The highest BCUT2D eigenvalue weighted by atomic mass is 16.5. The molecule has 0 radical (unpaired) electrons. The molecule has 0 saturated carbocycles. The average molecular weight is 418 g/mol. The molecule has 1 N–H and O–H groups in total. The van der Waals surface area contributed by atoms with Crippen LogP contribution >= 0.6 is 0 Å². The van der Waals surface area contributed by atoms with Gasteiger partial charge in [-0.25, -0.2) is 0 Å². The van der Waals surface area contributed by atoms with Gasteiger partial charge < -0.3 is 14.5 Å². The quantitative estimate of drug-likeness (QED) is 0.625. The van der Waals surface area contributed by atoms with Crippen LogP contribution in [0.4, 0.5) is 0 Å². The van der Waals surface area contributed by atoms with E-state index in [9.17, 15) is 4.79 Å². The minimum Gasteiger partial charge on any atom is -0.486 e. The van der Waals surface area contributed by atoms with Crippen molar-refractivity contribution in [3.05, 3.63) is 76.1 Å². The fourth-order valence-electron chi connectivity index (χ4n) is 4.33. The third-order valence-corrected chi connectivity index (χ3v) is 6.13. The highest BCUT2D eigenvalue weighted by molar-refractivity contribution is 5.79. The number of aromatic amines is 1. The number of methoxy groups -OCH3 is 1. The number of rotatable bonds is 7. The molecule has 4 rings (SSSR count). The molecule has 0 bridgehead atoms. The van der Waals surface area contributed by atoms with Crippen LogP contribution in [0.2, 0.25) is 0 Å². The SMILES string of the molecule is COC1(c2cccc(OC(C)c3ccc4[nH]c(=O)ccc4c3)c2)CCN(CCC#N)C1. The number of benzene rings is 2. The van der Waals surface area contributed by atoms with E-state index < -0.39 is 0 Å². The molecule has 6 nitrogen and oxygen atoms in total. The molecule has 1 aromatic heterocycles. The normalized spacial score (nSPS) is 19.9. The average Bonchev–Trinajstić information content (AvgIpc) is 3.22. The second kappa shape index (κ2) is 8.93. The molecule has 0 aliphatic carbocycles. The number of nitrogens with zero attached hydrogens (tertiary/aromatic N) is 2. The molecular formula is C25H27N3O3. The first-order valence-corrected chi connectivity index (χ1v) is 10.6. The summed E-state index contributed by atoms with van der Waals surface area (Å²) in [5, 5.41) is 9.85. The van der Waals surface area contributed by atoms with Crippen molar-refractivity contribution in [3.63, 3.8) is 0 Å². The van der Waals surface area contributed by atoms with Gasteiger partial charge >= 0.3 is 0 Å². The Kier molecular flexibility index (Phi) is 6.08. The number of hydrogen-bond acceptors (Lipinski definition) is 5. The lowest BCUT2D eigenvalue weighted by Gasteiger charge is -2.29. The summed E-state index contributed by atoms with van der Waals surface area (Å²) in [5.74, 6) is 0.790. The van der Waals surface area contributed by atoms with Crippen molar-refractivity contribution in [2.45, 2.75) is 31.5 Å². The minimum absolute atomic E-state index is 0.105. The Labute approximate surface area is 182 Å². The van der Waals surface area contributed by atoms with Crippen LogP contribution in [-0.2, 0) is 10.3 Å². The number of nitriles is 1. The van der Waals surface area contributed by atoms with E-state index in [0.717, 1.165) is 53.8 Å². The highest BCUT2D eigenvalue weighted by Gasteiger charge is 2.39. The number of H-pyrrole nitrogens is 1. The maximum atomic E-state index is 11.5. The monoisotopic (exact) mass is 417 g/mol. The summed E-state index contributed by atoms with van der Waals surface area (Å²) in [5.41, 5.74) is 2.46. The van der Waals surface area contributed by atoms with Gasteiger partial charge in [0.15, 0.2) is 0 Å². The van der Waals surface area contributed by atoms with Crippen LogP contribution in [0.3, 0.4) is 0 Å². The first-order chi connectivity index (χ1) is 15.0. The van der Waals surface area contributed by atoms with E-state index in [-0.39, 0.29) is 17.3 Å². The molecule has 1 aliphatic rings. The van der Waals surface area contributed by atoms with Gasteiger partial charge in [0.1, 0.15) is 17.5 Å². The highest BCUT2D eigenvalue weighted by Crippen LogP contribution is 2.37. The van der Waals surface area contributed by atoms with Gasteiger partial charge in [-0.15, -0.1) is 0 Å². The molecule has 160 valence electrons. The Balaban J connectivity index is 1.52. The topological polar surface area (TPSA) is 78.3 Å². The molecular weight excluding hydrogens is 390 g/mol. The van der Waals surface area contributed by atoms with Crippen molar-refractivity contribution in [3.8, 4) is 11.8 Å². The Bertz CT molecular complexity index is 1170. The fraction of sp³-hybridized carbons (Fsp3) is 0.360. The molecule has 2 heterocycles. The molecule has 0 amide bonds. The maximum Gasteiger partial charge on any atom is 0.248 e. The van der Waals surface area contributed by atoms with E-state index in [1.54, 1.807) is 7.11 Å². The number of fused-ring (bicyclic) bond motifs is 1. The summed E-state index contributed by atoms with van der Waals surface area (Å²) in [7, 11) is 1.75. The number of ether oxygens (including phenoxy) is 2.